The first-order chi connectivity index (χ1) is 10.8. The van der Waals surface area contributed by atoms with Crippen molar-refractivity contribution in [2.45, 2.75) is 73.1 Å². The molecule has 0 bridgehead atoms. The van der Waals surface area contributed by atoms with E-state index in [0.29, 0.717) is 11.7 Å². The van der Waals surface area contributed by atoms with Crippen molar-refractivity contribution >= 4 is 5.78 Å². The molecule has 0 heterocycles. The number of hydrogen-bond donors (Lipinski definition) is 0. The molecule has 0 N–H and O–H groups in total. The lowest BCUT2D eigenvalue weighted by Gasteiger charge is -2.61. The normalized spacial score (nSPS) is 59.2. The second kappa shape index (κ2) is 5.33. The summed E-state index contributed by atoms with van der Waals surface area (Å²) in [6.45, 7) is 12.4. The van der Waals surface area contributed by atoms with E-state index >= 15 is 0 Å². The zero-order valence-corrected chi connectivity index (χ0v) is 15.8. The third-order valence-corrected chi connectivity index (χ3v) is 9.27. The number of carbonyl (C=O) groups excluding carboxylic acids is 1. The molecule has 4 fully saturated rings. The van der Waals surface area contributed by atoms with Gasteiger partial charge in [-0.25, -0.2) is 0 Å². The monoisotopic (exact) mass is 316 g/mol. The van der Waals surface area contributed by atoms with E-state index in [9.17, 15) is 4.79 Å². The maximum absolute atomic E-state index is 12.7. The highest BCUT2D eigenvalue weighted by atomic mass is 16.1. The molecule has 0 radical (unpaired) electrons. The fraction of sp³-hybridized carbons (Fsp3) is 0.955. The largest absolute Gasteiger partial charge is 0.299 e. The Morgan fingerprint density at radius 1 is 0.913 bits per heavy atom. The third-order valence-electron chi connectivity index (χ3n) is 9.27. The van der Waals surface area contributed by atoms with E-state index in [1.54, 1.807) is 0 Å². The van der Waals surface area contributed by atoms with Gasteiger partial charge in [-0.05, 0) is 78.9 Å². The quantitative estimate of drug-likeness (QED) is 0.570. The maximum Gasteiger partial charge on any atom is 0.139 e. The molecule has 0 aromatic carbocycles. The zero-order chi connectivity index (χ0) is 16.5. The third kappa shape index (κ3) is 2.13. The molecule has 0 saturated heterocycles. The highest BCUT2D eigenvalue weighted by Crippen LogP contribution is 2.65. The Kier molecular flexibility index (Phi) is 3.75. The number of ketones is 1. The molecule has 0 aliphatic heterocycles. The van der Waals surface area contributed by atoms with Crippen molar-refractivity contribution in [3.8, 4) is 0 Å². The van der Waals surface area contributed by atoms with Crippen LogP contribution in [0.4, 0.5) is 0 Å². The van der Waals surface area contributed by atoms with Crippen LogP contribution in [-0.2, 0) is 4.79 Å². The van der Waals surface area contributed by atoms with Gasteiger partial charge < -0.3 is 0 Å². The summed E-state index contributed by atoms with van der Waals surface area (Å²) >= 11 is 0. The molecule has 4 aliphatic rings. The predicted octanol–water partition coefficient (Wildman–Crippen LogP) is 5.58. The molecule has 4 aliphatic carbocycles. The smallest absolute Gasteiger partial charge is 0.139 e. The summed E-state index contributed by atoms with van der Waals surface area (Å²) in [7, 11) is 0. The van der Waals surface area contributed by atoms with Crippen molar-refractivity contribution in [1.82, 2.24) is 0 Å². The van der Waals surface area contributed by atoms with Crippen molar-refractivity contribution in [2.75, 3.05) is 0 Å². The van der Waals surface area contributed by atoms with E-state index in [0.717, 1.165) is 53.8 Å². The molecular formula is C22H36O. The van der Waals surface area contributed by atoms with Crippen LogP contribution < -0.4 is 0 Å². The molecule has 0 aromatic rings. The van der Waals surface area contributed by atoms with E-state index < -0.39 is 0 Å². The van der Waals surface area contributed by atoms with E-state index in [1.165, 1.54) is 32.1 Å². The van der Waals surface area contributed by atoms with Gasteiger partial charge in [-0.15, -0.1) is 0 Å². The molecule has 130 valence electrons. The second-order valence-electron chi connectivity index (χ2n) is 10.3. The number of Topliss-reactive ketones (excluding diaryl/α,β-unsaturated/α-hetero) is 1. The van der Waals surface area contributed by atoms with Crippen LogP contribution in [-0.4, -0.2) is 5.78 Å². The minimum atomic E-state index is 0.0172. The first-order valence-corrected chi connectivity index (χ1v) is 10.4. The second-order valence-corrected chi connectivity index (χ2v) is 10.3. The van der Waals surface area contributed by atoms with Crippen LogP contribution in [0, 0.1) is 58.7 Å². The Morgan fingerprint density at radius 2 is 1.65 bits per heavy atom. The highest BCUT2D eigenvalue weighted by molar-refractivity contribution is 5.87. The first-order valence-electron chi connectivity index (χ1n) is 10.4. The Labute approximate surface area is 143 Å². The van der Waals surface area contributed by atoms with Gasteiger partial charge in [-0.3, -0.25) is 4.79 Å². The molecule has 1 nitrogen and oxygen atoms in total. The van der Waals surface area contributed by atoms with Gasteiger partial charge >= 0.3 is 0 Å². The lowest BCUT2D eigenvalue weighted by Crippen LogP contribution is -2.57. The summed E-state index contributed by atoms with van der Waals surface area (Å²) in [4.78, 5) is 12.7. The lowest BCUT2D eigenvalue weighted by atomic mass is 9.43. The molecule has 4 saturated carbocycles. The molecule has 0 amide bonds. The number of carbonyl (C=O) groups is 1. The number of fused-ring (bicyclic) bond motifs is 5. The average Bonchev–Trinajstić information content (AvgIpc) is 2.79. The Hall–Kier alpha value is -0.330. The van der Waals surface area contributed by atoms with Crippen LogP contribution in [0.2, 0.25) is 0 Å². The van der Waals surface area contributed by atoms with Gasteiger partial charge in [0.1, 0.15) is 5.78 Å². The van der Waals surface area contributed by atoms with Crippen LogP contribution >= 0.6 is 0 Å². The molecule has 1 heteroatoms. The van der Waals surface area contributed by atoms with E-state index in [4.69, 9.17) is 0 Å². The number of rotatable bonds is 0. The molecule has 23 heavy (non-hydrogen) atoms. The van der Waals surface area contributed by atoms with Gasteiger partial charge in [0.05, 0.1) is 0 Å². The van der Waals surface area contributed by atoms with Crippen molar-refractivity contribution in [3.05, 3.63) is 0 Å². The summed E-state index contributed by atoms with van der Waals surface area (Å²) < 4.78 is 0. The molecular weight excluding hydrogens is 280 g/mol. The van der Waals surface area contributed by atoms with Gasteiger partial charge in [0.2, 0.25) is 0 Å². The zero-order valence-electron chi connectivity index (χ0n) is 15.8. The maximum atomic E-state index is 12.7. The van der Waals surface area contributed by atoms with Gasteiger partial charge in [0, 0.05) is 11.8 Å². The van der Waals surface area contributed by atoms with Gasteiger partial charge in [0.15, 0.2) is 0 Å². The topological polar surface area (TPSA) is 17.1 Å². The minimum Gasteiger partial charge on any atom is -0.299 e. The lowest BCUT2D eigenvalue weighted by molar-refractivity contribution is -0.151. The molecule has 4 rings (SSSR count). The predicted molar refractivity (Wildman–Crippen MR) is 94.9 cm³/mol. The SMILES string of the molecule is CC1CCC2C(C1)C(C)C(C)C1C2C(C)CC2(C)C(=O)CCC12. The average molecular weight is 317 g/mol. The minimum absolute atomic E-state index is 0.0172. The molecule has 0 spiro atoms. The van der Waals surface area contributed by atoms with Crippen molar-refractivity contribution in [3.63, 3.8) is 0 Å². The van der Waals surface area contributed by atoms with Crippen LogP contribution in [0.1, 0.15) is 73.1 Å². The molecule has 0 aromatic heterocycles. The Morgan fingerprint density at radius 3 is 2.39 bits per heavy atom. The van der Waals surface area contributed by atoms with Gasteiger partial charge in [-0.1, -0.05) is 41.0 Å². The summed E-state index contributed by atoms with van der Waals surface area (Å²) in [5, 5.41) is 0. The van der Waals surface area contributed by atoms with Crippen LogP contribution in [0.5, 0.6) is 0 Å². The van der Waals surface area contributed by atoms with Crippen LogP contribution in [0.25, 0.3) is 0 Å². The van der Waals surface area contributed by atoms with Crippen molar-refractivity contribution in [2.24, 2.45) is 58.7 Å². The first kappa shape index (κ1) is 16.2. The van der Waals surface area contributed by atoms with E-state index in [2.05, 4.69) is 34.6 Å². The molecule has 10 unspecified atom stereocenters. The highest BCUT2D eigenvalue weighted by Gasteiger charge is 2.61. The summed E-state index contributed by atoms with van der Waals surface area (Å²) in [6, 6.07) is 0. The van der Waals surface area contributed by atoms with Gasteiger partial charge in [-0.2, -0.15) is 0 Å². The standard InChI is InChI=1S/C22H36O/c1-12-6-7-16-17(10-12)14(3)15(4)21-18-8-9-19(23)22(18,5)11-13(2)20(16)21/h12-18,20-21H,6-11H2,1-5H3. The summed E-state index contributed by atoms with van der Waals surface area (Å²) in [6.07, 6.45) is 7.60. The Balaban J connectivity index is 1.72. The van der Waals surface area contributed by atoms with Crippen molar-refractivity contribution in [1.29, 1.82) is 0 Å². The summed E-state index contributed by atoms with van der Waals surface area (Å²) in [5.74, 6) is 8.26. The van der Waals surface area contributed by atoms with Crippen LogP contribution in [0.3, 0.4) is 0 Å². The molecule has 10 atom stereocenters. The summed E-state index contributed by atoms with van der Waals surface area (Å²) in [5.41, 5.74) is 0.0172. The number of hydrogen-bond acceptors (Lipinski definition) is 1. The van der Waals surface area contributed by atoms with Crippen molar-refractivity contribution < 1.29 is 4.79 Å². The fourth-order valence-corrected chi connectivity index (χ4v) is 8.13. The van der Waals surface area contributed by atoms with Crippen LogP contribution in [0.15, 0.2) is 0 Å². The van der Waals surface area contributed by atoms with Gasteiger partial charge in [0.25, 0.3) is 0 Å². The van der Waals surface area contributed by atoms with E-state index in [1.807, 2.05) is 0 Å². The fourth-order valence-electron chi connectivity index (χ4n) is 8.13. The Bertz CT molecular complexity index is 496. The van der Waals surface area contributed by atoms with E-state index in [-0.39, 0.29) is 5.41 Å².